The minimum absolute atomic E-state index is 0.0584. The van der Waals surface area contributed by atoms with Crippen molar-refractivity contribution >= 4 is 17.5 Å². The van der Waals surface area contributed by atoms with Crippen molar-refractivity contribution in [1.29, 1.82) is 0 Å². The zero-order valence-electron chi connectivity index (χ0n) is 11.7. The van der Waals surface area contributed by atoms with Gasteiger partial charge in [-0.15, -0.1) is 0 Å². The quantitative estimate of drug-likeness (QED) is 0.839. The van der Waals surface area contributed by atoms with Crippen molar-refractivity contribution in [3.63, 3.8) is 0 Å². The number of carbonyl (C=O) groups excluding carboxylic acids is 2. The van der Waals surface area contributed by atoms with Crippen LogP contribution in [0.2, 0.25) is 0 Å². The first-order chi connectivity index (χ1) is 10.1. The van der Waals surface area contributed by atoms with E-state index in [2.05, 4.69) is 20.6 Å². The van der Waals surface area contributed by atoms with Gasteiger partial charge in [0.1, 0.15) is 0 Å². The highest BCUT2D eigenvalue weighted by Gasteiger charge is 2.26. The number of aromatic nitrogens is 2. The number of nitrogens with one attached hydrogen (secondary N) is 2. The van der Waals surface area contributed by atoms with Crippen LogP contribution in [-0.2, 0) is 0 Å². The Hall–Kier alpha value is -2.76. The van der Waals surface area contributed by atoms with E-state index in [0.717, 1.165) is 17.1 Å². The molecule has 0 spiro atoms. The van der Waals surface area contributed by atoms with Crippen molar-refractivity contribution in [1.82, 2.24) is 15.3 Å². The zero-order valence-corrected chi connectivity index (χ0v) is 11.7. The largest absolute Gasteiger partial charge is 0.377 e. The Morgan fingerprint density at radius 1 is 1.10 bits per heavy atom. The molecule has 0 fully saturated rings. The van der Waals surface area contributed by atoms with Gasteiger partial charge in [-0.25, -0.2) is 0 Å². The van der Waals surface area contributed by atoms with Crippen LogP contribution in [-0.4, -0.2) is 21.8 Å². The van der Waals surface area contributed by atoms with Gasteiger partial charge in [0.2, 0.25) is 0 Å². The molecule has 0 radical (unpaired) electrons. The molecular formula is C15H14N4O2. The summed E-state index contributed by atoms with van der Waals surface area (Å²) in [6.07, 6.45) is 3.30. The van der Waals surface area contributed by atoms with Gasteiger partial charge >= 0.3 is 0 Å². The molecule has 0 bridgehead atoms. The molecule has 2 aromatic rings. The summed E-state index contributed by atoms with van der Waals surface area (Å²) in [7, 11) is 0. The number of hydrogen-bond acceptors (Lipinski definition) is 5. The van der Waals surface area contributed by atoms with E-state index in [9.17, 15) is 9.59 Å². The third-order valence-corrected chi connectivity index (χ3v) is 3.45. The molecule has 2 N–H and O–H groups in total. The highest BCUT2D eigenvalue weighted by molar-refractivity contribution is 6.21. The number of amides is 2. The zero-order chi connectivity index (χ0) is 15.0. The molecular weight excluding hydrogens is 268 g/mol. The molecule has 2 amide bonds. The number of aryl methyl sites for hydroxylation is 1. The summed E-state index contributed by atoms with van der Waals surface area (Å²) in [6, 6.07) is 5.04. The molecule has 106 valence electrons. The van der Waals surface area contributed by atoms with E-state index in [0.29, 0.717) is 11.1 Å². The number of imide groups is 1. The maximum atomic E-state index is 11.7. The molecule has 6 heteroatoms. The molecule has 1 atom stereocenters. The summed E-state index contributed by atoms with van der Waals surface area (Å²) in [5, 5.41) is 5.55. The van der Waals surface area contributed by atoms with Gasteiger partial charge in [-0.05, 0) is 32.0 Å². The third-order valence-electron chi connectivity index (χ3n) is 3.45. The minimum atomic E-state index is -0.359. The van der Waals surface area contributed by atoms with Crippen LogP contribution in [0, 0.1) is 6.92 Å². The van der Waals surface area contributed by atoms with E-state index in [1.165, 1.54) is 0 Å². The summed E-state index contributed by atoms with van der Waals surface area (Å²) < 4.78 is 0. The summed E-state index contributed by atoms with van der Waals surface area (Å²) in [6.45, 7) is 3.87. The average molecular weight is 282 g/mol. The molecule has 1 aromatic carbocycles. The standard InChI is InChI=1S/C15H14N4O2/c1-8-13(17-6-5-16-8)9(2)18-10-3-4-11-12(7-10)15(21)19-14(11)20/h3-7,9,18H,1-2H3,(H,19,20,21). The molecule has 0 saturated carbocycles. The van der Waals surface area contributed by atoms with Gasteiger partial charge in [-0.2, -0.15) is 0 Å². The molecule has 0 saturated heterocycles. The first kappa shape index (κ1) is 13.2. The van der Waals surface area contributed by atoms with Crippen LogP contribution in [0.25, 0.3) is 0 Å². The van der Waals surface area contributed by atoms with Gasteiger partial charge in [0, 0.05) is 18.1 Å². The lowest BCUT2D eigenvalue weighted by Gasteiger charge is -2.16. The fourth-order valence-electron chi connectivity index (χ4n) is 2.42. The van der Waals surface area contributed by atoms with Crippen LogP contribution < -0.4 is 10.6 Å². The lowest BCUT2D eigenvalue weighted by atomic mass is 10.1. The van der Waals surface area contributed by atoms with Crippen molar-refractivity contribution in [2.24, 2.45) is 0 Å². The van der Waals surface area contributed by atoms with Gasteiger partial charge in [-0.3, -0.25) is 24.9 Å². The average Bonchev–Trinajstić information content (AvgIpc) is 2.74. The second-order valence-corrected chi connectivity index (χ2v) is 4.94. The van der Waals surface area contributed by atoms with Crippen molar-refractivity contribution in [3.8, 4) is 0 Å². The topological polar surface area (TPSA) is 84.0 Å². The smallest absolute Gasteiger partial charge is 0.259 e. The number of rotatable bonds is 3. The van der Waals surface area contributed by atoms with Crippen LogP contribution in [0.3, 0.4) is 0 Å². The summed E-state index contributed by atoms with van der Waals surface area (Å²) in [4.78, 5) is 31.7. The molecule has 3 rings (SSSR count). The molecule has 1 unspecified atom stereocenters. The monoisotopic (exact) mass is 282 g/mol. The Labute approximate surface area is 121 Å². The maximum Gasteiger partial charge on any atom is 0.259 e. The Kier molecular flexibility index (Phi) is 3.13. The summed E-state index contributed by atoms with van der Waals surface area (Å²) >= 11 is 0. The maximum absolute atomic E-state index is 11.7. The molecule has 2 heterocycles. The van der Waals surface area contributed by atoms with Crippen molar-refractivity contribution in [2.75, 3.05) is 5.32 Å². The van der Waals surface area contributed by atoms with Crippen molar-refractivity contribution < 1.29 is 9.59 Å². The second-order valence-electron chi connectivity index (χ2n) is 4.94. The molecule has 1 aromatic heterocycles. The molecule has 1 aliphatic rings. The SMILES string of the molecule is Cc1nccnc1C(C)Nc1ccc2c(c1)C(=O)NC2=O. The van der Waals surface area contributed by atoms with Gasteiger partial charge in [0.25, 0.3) is 11.8 Å². The van der Waals surface area contributed by atoms with Crippen LogP contribution in [0.5, 0.6) is 0 Å². The molecule has 6 nitrogen and oxygen atoms in total. The van der Waals surface area contributed by atoms with E-state index in [1.54, 1.807) is 30.6 Å². The van der Waals surface area contributed by atoms with E-state index in [1.807, 2.05) is 13.8 Å². The number of anilines is 1. The normalized spacial score (nSPS) is 14.6. The molecule has 21 heavy (non-hydrogen) atoms. The lowest BCUT2D eigenvalue weighted by Crippen LogP contribution is -2.19. The van der Waals surface area contributed by atoms with Crippen LogP contribution in [0.1, 0.15) is 45.1 Å². The van der Waals surface area contributed by atoms with Crippen molar-refractivity contribution in [3.05, 3.63) is 53.1 Å². The molecule has 1 aliphatic heterocycles. The Morgan fingerprint density at radius 3 is 2.57 bits per heavy atom. The predicted molar refractivity (Wildman–Crippen MR) is 77.0 cm³/mol. The highest BCUT2D eigenvalue weighted by atomic mass is 16.2. The number of nitrogens with zero attached hydrogens (tertiary/aromatic N) is 2. The van der Waals surface area contributed by atoms with Gasteiger partial charge in [-0.1, -0.05) is 0 Å². The van der Waals surface area contributed by atoms with Gasteiger partial charge in [0.05, 0.1) is 28.6 Å². The van der Waals surface area contributed by atoms with Crippen LogP contribution >= 0.6 is 0 Å². The summed E-state index contributed by atoms with van der Waals surface area (Å²) in [5.41, 5.74) is 3.27. The van der Waals surface area contributed by atoms with Gasteiger partial charge < -0.3 is 5.32 Å². The number of benzene rings is 1. The van der Waals surface area contributed by atoms with Crippen molar-refractivity contribution in [2.45, 2.75) is 19.9 Å². The van der Waals surface area contributed by atoms with Gasteiger partial charge in [0.15, 0.2) is 0 Å². The first-order valence-corrected chi connectivity index (χ1v) is 6.60. The fraction of sp³-hybridized carbons (Fsp3) is 0.200. The van der Waals surface area contributed by atoms with E-state index >= 15 is 0 Å². The Bertz CT molecular complexity index is 742. The predicted octanol–water partition coefficient (Wildman–Crippen LogP) is 1.84. The first-order valence-electron chi connectivity index (χ1n) is 6.60. The Morgan fingerprint density at radius 2 is 1.81 bits per heavy atom. The van der Waals surface area contributed by atoms with E-state index < -0.39 is 0 Å². The number of carbonyl (C=O) groups is 2. The highest BCUT2D eigenvalue weighted by Crippen LogP contribution is 2.24. The second kappa shape index (κ2) is 4.97. The lowest BCUT2D eigenvalue weighted by molar-refractivity contribution is 0.0879. The fourth-order valence-corrected chi connectivity index (χ4v) is 2.42. The van der Waals surface area contributed by atoms with Crippen LogP contribution in [0.15, 0.2) is 30.6 Å². The minimum Gasteiger partial charge on any atom is -0.377 e. The number of fused-ring (bicyclic) bond motifs is 1. The van der Waals surface area contributed by atoms with Crippen LogP contribution in [0.4, 0.5) is 5.69 Å². The molecule has 0 aliphatic carbocycles. The van der Waals surface area contributed by atoms with E-state index in [-0.39, 0.29) is 17.9 Å². The number of hydrogen-bond donors (Lipinski definition) is 2. The van der Waals surface area contributed by atoms with E-state index in [4.69, 9.17) is 0 Å². The summed E-state index contributed by atoms with van der Waals surface area (Å²) in [5.74, 6) is -0.707. The third kappa shape index (κ3) is 2.35. The Balaban J connectivity index is 1.86.